The van der Waals surface area contributed by atoms with Gasteiger partial charge in [-0.1, -0.05) is 29.5 Å². The Hall–Kier alpha value is -3.26. The molecule has 0 unspecified atom stereocenters. The molecule has 4 rings (SSSR count). The van der Waals surface area contributed by atoms with Gasteiger partial charge >= 0.3 is 0 Å². The molecule has 28 heavy (non-hydrogen) atoms. The molecule has 2 aromatic carbocycles. The van der Waals surface area contributed by atoms with Gasteiger partial charge in [0, 0.05) is 41.3 Å². The van der Waals surface area contributed by atoms with Crippen LogP contribution in [-0.2, 0) is 6.42 Å². The number of hydrogen-bond donors (Lipinski definition) is 2. The third kappa shape index (κ3) is 3.46. The molecule has 0 bridgehead atoms. The van der Waals surface area contributed by atoms with Crippen LogP contribution in [-0.4, -0.2) is 36.5 Å². The first-order valence-electron chi connectivity index (χ1n) is 8.66. The smallest absolute Gasteiger partial charge is 0.210 e. The van der Waals surface area contributed by atoms with E-state index < -0.39 is 0 Å². The van der Waals surface area contributed by atoms with Gasteiger partial charge in [0.1, 0.15) is 5.01 Å². The highest BCUT2D eigenvalue weighted by molar-refractivity contribution is 7.15. The van der Waals surface area contributed by atoms with Crippen molar-refractivity contribution in [1.29, 1.82) is 0 Å². The van der Waals surface area contributed by atoms with Crippen LogP contribution in [0.25, 0.3) is 10.9 Å². The zero-order chi connectivity index (χ0) is 19.5. The number of hydrogen-bond acceptors (Lipinski definition) is 7. The molecule has 7 nitrogen and oxygen atoms in total. The lowest BCUT2D eigenvalue weighted by Gasteiger charge is -2.14. The number of fused-ring (bicyclic) bond motifs is 1. The summed E-state index contributed by atoms with van der Waals surface area (Å²) >= 11 is 1.51. The van der Waals surface area contributed by atoms with Gasteiger partial charge in [0.15, 0.2) is 11.5 Å². The molecular weight excluding hydrogens is 376 g/mol. The molecule has 2 heterocycles. The average Bonchev–Trinajstić information content (AvgIpc) is 3.34. The van der Waals surface area contributed by atoms with E-state index in [2.05, 4.69) is 32.6 Å². The maximum atomic E-state index is 5.39. The lowest BCUT2D eigenvalue weighted by Crippen LogP contribution is -1.97. The quantitative estimate of drug-likeness (QED) is 0.482. The van der Waals surface area contributed by atoms with Crippen LogP contribution in [0.2, 0.25) is 0 Å². The lowest BCUT2D eigenvalue weighted by atomic mass is 10.1. The maximum absolute atomic E-state index is 5.39. The number of H-pyrrole nitrogens is 1. The molecule has 8 heteroatoms. The molecular formula is C20H20N4O3S. The summed E-state index contributed by atoms with van der Waals surface area (Å²) < 4.78 is 16.1. The highest BCUT2D eigenvalue weighted by Gasteiger charge is 2.15. The molecule has 0 aliphatic rings. The standard InChI is InChI=1S/C20H20N4O3S/c1-25-16-9-13(10-17(26-2)19(16)27-3)22-20-24-23-18(28-20)8-12-11-21-15-7-5-4-6-14(12)15/h4-7,9-11,21H,8H2,1-3H3,(H,22,24). The van der Waals surface area contributed by atoms with Crippen LogP contribution in [0.5, 0.6) is 17.2 Å². The van der Waals surface area contributed by atoms with Gasteiger partial charge in [-0.05, 0) is 11.6 Å². The molecule has 0 saturated carbocycles. The monoisotopic (exact) mass is 396 g/mol. The lowest BCUT2D eigenvalue weighted by molar-refractivity contribution is 0.324. The van der Waals surface area contributed by atoms with Crippen LogP contribution < -0.4 is 19.5 Å². The van der Waals surface area contributed by atoms with Crippen LogP contribution in [0.15, 0.2) is 42.6 Å². The van der Waals surface area contributed by atoms with E-state index in [0.29, 0.717) is 22.4 Å². The van der Waals surface area contributed by atoms with Crippen molar-refractivity contribution in [3.8, 4) is 17.2 Å². The Morgan fingerprint density at radius 3 is 2.46 bits per heavy atom. The van der Waals surface area contributed by atoms with Gasteiger partial charge in [0.2, 0.25) is 10.9 Å². The zero-order valence-electron chi connectivity index (χ0n) is 15.8. The third-order valence-electron chi connectivity index (χ3n) is 4.40. The number of ether oxygens (including phenoxy) is 3. The number of nitrogens with one attached hydrogen (secondary N) is 2. The average molecular weight is 396 g/mol. The van der Waals surface area contributed by atoms with Crippen LogP contribution in [0.3, 0.4) is 0 Å². The van der Waals surface area contributed by atoms with E-state index >= 15 is 0 Å². The van der Waals surface area contributed by atoms with Crippen molar-refractivity contribution >= 4 is 33.1 Å². The Balaban J connectivity index is 1.55. The summed E-state index contributed by atoms with van der Waals surface area (Å²) in [7, 11) is 4.76. The Morgan fingerprint density at radius 1 is 1.00 bits per heavy atom. The predicted octanol–water partition coefficient (Wildman–Crippen LogP) is 4.38. The Kier molecular flexibility index (Phi) is 5.03. The van der Waals surface area contributed by atoms with Crippen molar-refractivity contribution in [2.24, 2.45) is 0 Å². The molecule has 0 saturated heterocycles. The number of anilines is 2. The summed E-state index contributed by atoms with van der Waals surface area (Å²) in [5.74, 6) is 1.70. The number of methoxy groups -OCH3 is 3. The van der Waals surface area contributed by atoms with Gasteiger partial charge in [-0.15, -0.1) is 10.2 Å². The summed E-state index contributed by atoms with van der Waals surface area (Å²) in [6.45, 7) is 0. The van der Waals surface area contributed by atoms with Gasteiger partial charge in [-0.25, -0.2) is 0 Å². The molecule has 0 spiro atoms. The summed E-state index contributed by atoms with van der Waals surface area (Å²) in [6.07, 6.45) is 2.75. The predicted molar refractivity (Wildman–Crippen MR) is 110 cm³/mol. The number of nitrogens with zero attached hydrogens (tertiary/aromatic N) is 2. The van der Waals surface area contributed by atoms with E-state index in [1.54, 1.807) is 21.3 Å². The normalized spacial score (nSPS) is 10.8. The minimum atomic E-state index is 0.549. The largest absolute Gasteiger partial charge is 0.493 e. The summed E-state index contributed by atoms with van der Waals surface area (Å²) in [5, 5.41) is 14.7. The molecule has 0 aliphatic carbocycles. The van der Waals surface area contributed by atoms with Crippen molar-refractivity contribution < 1.29 is 14.2 Å². The van der Waals surface area contributed by atoms with E-state index in [1.807, 2.05) is 30.5 Å². The highest BCUT2D eigenvalue weighted by Crippen LogP contribution is 2.40. The molecule has 4 aromatic rings. The number of rotatable bonds is 7. The maximum Gasteiger partial charge on any atom is 0.210 e. The molecule has 0 radical (unpaired) electrons. The topological polar surface area (TPSA) is 81.3 Å². The van der Waals surface area contributed by atoms with E-state index in [1.165, 1.54) is 22.3 Å². The number of para-hydroxylation sites is 1. The van der Waals surface area contributed by atoms with E-state index in [4.69, 9.17) is 14.2 Å². The first-order chi connectivity index (χ1) is 13.7. The second kappa shape index (κ2) is 7.77. The zero-order valence-corrected chi connectivity index (χ0v) is 16.6. The molecule has 0 fully saturated rings. The van der Waals surface area contributed by atoms with Gasteiger partial charge in [0.25, 0.3) is 0 Å². The fraction of sp³-hybridized carbons (Fsp3) is 0.200. The number of benzene rings is 2. The van der Waals surface area contributed by atoms with Gasteiger partial charge in [-0.3, -0.25) is 0 Å². The van der Waals surface area contributed by atoms with Gasteiger partial charge in [0.05, 0.1) is 21.3 Å². The highest BCUT2D eigenvalue weighted by atomic mass is 32.1. The van der Waals surface area contributed by atoms with Crippen molar-refractivity contribution in [3.63, 3.8) is 0 Å². The minimum Gasteiger partial charge on any atom is -0.493 e. The van der Waals surface area contributed by atoms with Crippen molar-refractivity contribution in [2.75, 3.05) is 26.6 Å². The minimum absolute atomic E-state index is 0.549. The first kappa shape index (κ1) is 18.1. The first-order valence-corrected chi connectivity index (χ1v) is 9.48. The third-order valence-corrected chi connectivity index (χ3v) is 5.24. The fourth-order valence-corrected chi connectivity index (χ4v) is 3.88. The molecule has 2 N–H and O–H groups in total. The van der Waals surface area contributed by atoms with Crippen molar-refractivity contribution in [1.82, 2.24) is 15.2 Å². The molecule has 0 atom stereocenters. The summed E-state index contributed by atoms with van der Waals surface area (Å²) in [4.78, 5) is 3.29. The molecule has 0 amide bonds. The van der Waals surface area contributed by atoms with E-state index in [-0.39, 0.29) is 0 Å². The molecule has 0 aliphatic heterocycles. The van der Waals surface area contributed by atoms with Crippen LogP contribution >= 0.6 is 11.3 Å². The Bertz CT molecular complexity index is 1080. The number of aromatic nitrogens is 3. The van der Waals surface area contributed by atoms with E-state index in [0.717, 1.165) is 22.6 Å². The van der Waals surface area contributed by atoms with Crippen LogP contribution in [0, 0.1) is 0 Å². The van der Waals surface area contributed by atoms with Crippen molar-refractivity contribution in [3.05, 3.63) is 53.2 Å². The van der Waals surface area contributed by atoms with Gasteiger partial charge in [-0.2, -0.15) is 0 Å². The molecule has 144 valence electrons. The summed E-state index contributed by atoms with van der Waals surface area (Å²) in [5.41, 5.74) is 3.10. The van der Waals surface area contributed by atoms with Crippen LogP contribution in [0.1, 0.15) is 10.6 Å². The van der Waals surface area contributed by atoms with Crippen molar-refractivity contribution in [2.45, 2.75) is 6.42 Å². The second-order valence-electron chi connectivity index (χ2n) is 6.08. The van der Waals surface area contributed by atoms with Gasteiger partial charge < -0.3 is 24.5 Å². The number of aromatic amines is 1. The Labute approximate surface area is 166 Å². The van der Waals surface area contributed by atoms with E-state index in [9.17, 15) is 0 Å². The summed E-state index contributed by atoms with van der Waals surface area (Å²) in [6, 6.07) is 11.9. The Morgan fingerprint density at radius 2 is 1.75 bits per heavy atom. The fourth-order valence-electron chi connectivity index (χ4n) is 3.09. The van der Waals surface area contributed by atoms with Crippen LogP contribution in [0.4, 0.5) is 10.8 Å². The molecule has 2 aromatic heterocycles. The SMILES string of the molecule is COc1cc(Nc2nnc(Cc3c[nH]c4ccccc34)s2)cc(OC)c1OC. The second-order valence-corrected chi connectivity index (χ2v) is 7.14.